The minimum Gasteiger partial charge on any atom is -0.369 e. The van der Waals surface area contributed by atoms with Crippen molar-refractivity contribution < 1.29 is 4.39 Å². The summed E-state index contributed by atoms with van der Waals surface area (Å²) in [5, 5.41) is 0. The molecule has 2 atom stereocenters. The number of halogens is 2. The summed E-state index contributed by atoms with van der Waals surface area (Å²) >= 11 is 0. The Kier molecular flexibility index (Phi) is 5.42. The number of rotatable bonds is 2. The fourth-order valence-corrected chi connectivity index (χ4v) is 2.47. The molecule has 0 radical (unpaired) electrons. The van der Waals surface area contributed by atoms with Crippen LogP contribution in [-0.4, -0.2) is 13.1 Å². The van der Waals surface area contributed by atoms with Crippen LogP contribution in [0.1, 0.15) is 38.3 Å². The first-order chi connectivity index (χ1) is 8.08. The number of anilines is 1. The maximum Gasteiger partial charge on any atom is 0.146 e. The highest BCUT2D eigenvalue weighted by atomic mass is 35.5. The summed E-state index contributed by atoms with van der Waals surface area (Å²) in [6, 6.07) is 5.26. The number of piperidine rings is 1. The lowest BCUT2D eigenvalue weighted by molar-refractivity contribution is 0.442. The molecule has 1 saturated heterocycles. The van der Waals surface area contributed by atoms with Gasteiger partial charge in [-0.3, -0.25) is 0 Å². The molecule has 0 saturated carbocycles. The topological polar surface area (TPSA) is 29.3 Å². The molecule has 2 unspecified atom stereocenters. The van der Waals surface area contributed by atoms with Crippen molar-refractivity contribution in [2.24, 2.45) is 11.7 Å². The van der Waals surface area contributed by atoms with E-state index in [9.17, 15) is 4.39 Å². The smallest absolute Gasteiger partial charge is 0.146 e. The third kappa shape index (κ3) is 3.36. The summed E-state index contributed by atoms with van der Waals surface area (Å²) < 4.78 is 14.0. The second-order valence-electron chi connectivity index (χ2n) is 5.19. The Hall–Kier alpha value is -0.800. The number of nitrogens with zero attached hydrogens (tertiary/aromatic N) is 1. The third-order valence-corrected chi connectivity index (χ3v) is 3.50. The van der Waals surface area contributed by atoms with E-state index in [1.165, 1.54) is 6.42 Å². The Balaban J connectivity index is 0.00000162. The Morgan fingerprint density at radius 1 is 1.44 bits per heavy atom. The van der Waals surface area contributed by atoms with Crippen LogP contribution < -0.4 is 10.6 Å². The van der Waals surface area contributed by atoms with Gasteiger partial charge in [0.1, 0.15) is 5.82 Å². The lowest BCUT2D eigenvalue weighted by Crippen LogP contribution is -2.34. The highest BCUT2D eigenvalue weighted by molar-refractivity contribution is 5.85. The molecule has 1 fully saturated rings. The largest absolute Gasteiger partial charge is 0.369 e. The molecule has 1 aromatic carbocycles. The normalized spacial score (nSPS) is 21.3. The summed E-state index contributed by atoms with van der Waals surface area (Å²) in [5.41, 5.74) is 7.33. The van der Waals surface area contributed by atoms with Crippen LogP contribution in [-0.2, 0) is 0 Å². The Morgan fingerprint density at radius 2 is 2.17 bits per heavy atom. The highest BCUT2D eigenvalue weighted by Gasteiger charge is 2.19. The fourth-order valence-electron chi connectivity index (χ4n) is 2.47. The van der Waals surface area contributed by atoms with Gasteiger partial charge in [0, 0.05) is 19.1 Å². The van der Waals surface area contributed by atoms with Gasteiger partial charge in [0.2, 0.25) is 0 Å². The van der Waals surface area contributed by atoms with E-state index >= 15 is 0 Å². The zero-order valence-electron chi connectivity index (χ0n) is 11.0. The van der Waals surface area contributed by atoms with E-state index in [4.69, 9.17) is 5.73 Å². The second kappa shape index (κ2) is 6.39. The number of hydrogen-bond acceptors (Lipinski definition) is 2. The van der Waals surface area contributed by atoms with Crippen LogP contribution in [0.25, 0.3) is 0 Å². The molecule has 18 heavy (non-hydrogen) atoms. The average molecular weight is 273 g/mol. The number of benzene rings is 1. The molecular weight excluding hydrogens is 251 g/mol. The zero-order valence-corrected chi connectivity index (χ0v) is 11.8. The molecule has 4 heteroatoms. The van der Waals surface area contributed by atoms with Gasteiger partial charge in [-0.1, -0.05) is 13.0 Å². The van der Waals surface area contributed by atoms with E-state index in [-0.39, 0.29) is 24.3 Å². The van der Waals surface area contributed by atoms with Crippen LogP contribution in [0.4, 0.5) is 10.1 Å². The van der Waals surface area contributed by atoms with E-state index < -0.39 is 0 Å². The number of hydrogen-bond donors (Lipinski definition) is 1. The van der Waals surface area contributed by atoms with Crippen molar-refractivity contribution in [3.05, 3.63) is 29.6 Å². The standard InChI is InChI=1S/C14H21FN2.ClH/c1-10-4-3-7-17(9-10)14-6-5-12(11(2)16)8-13(14)15;/h5-6,8,10-11H,3-4,7,9,16H2,1-2H3;1H. The highest BCUT2D eigenvalue weighted by Crippen LogP contribution is 2.27. The van der Waals surface area contributed by atoms with E-state index in [0.717, 1.165) is 30.8 Å². The van der Waals surface area contributed by atoms with Gasteiger partial charge >= 0.3 is 0 Å². The van der Waals surface area contributed by atoms with Crippen molar-refractivity contribution in [1.82, 2.24) is 0 Å². The summed E-state index contributed by atoms with van der Waals surface area (Å²) in [4.78, 5) is 2.15. The molecule has 1 aliphatic heterocycles. The summed E-state index contributed by atoms with van der Waals surface area (Å²) in [5.74, 6) is 0.505. The monoisotopic (exact) mass is 272 g/mol. The predicted molar refractivity (Wildman–Crippen MR) is 76.9 cm³/mol. The second-order valence-corrected chi connectivity index (χ2v) is 5.19. The van der Waals surface area contributed by atoms with E-state index in [1.54, 1.807) is 6.07 Å². The molecule has 1 aliphatic rings. The maximum atomic E-state index is 14.0. The van der Waals surface area contributed by atoms with Crippen molar-refractivity contribution in [2.75, 3.05) is 18.0 Å². The van der Waals surface area contributed by atoms with Gasteiger partial charge < -0.3 is 10.6 Å². The molecule has 0 aromatic heterocycles. The lowest BCUT2D eigenvalue weighted by Gasteiger charge is -2.33. The van der Waals surface area contributed by atoms with E-state index in [0.29, 0.717) is 5.92 Å². The first kappa shape index (κ1) is 15.3. The van der Waals surface area contributed by atoms with Gasteiger partial charge in [0.05, 0.1) is 5.69 Å². The van der Waals surface area contributed by atoms with Gasteiger partial charge in [-0.25, -0.2) is 4.39 Å². The summed E-state index contributed by atoms with van der Waals surface area (Å²) in [6.45, 7) is 6.00. The molecule has 1 aromatic rings. The fraction of sp³-hybridized carbons (Fsp3) is 0.571. The quantitative estimate of drug-likeness (QED) is 0.893. The van der Waals surface area contributed by atoms with Crippen LogP contribution in [0.3, 0.4) is 0 Å². The van der Waals surface area contributed by atoms with Gasteiger partial charge in [-0.15, -0.1) is 12.4 Å². The first-order valence-electron chi connectivity index (χ1n) is 6.38. The van der Waals surface area contributed by atoms with Crippen molar-refractivity contribution in [1.29, 1.82) is 0 Å². The van der Waals surface area contributed by atoms with E-state index in [1.807, 2.05) is 19.1 Å². The lowest BCUT2D eigenvalue weighted by atomic mass is 9.99. The number of nitrogens with two attached hydrogens (primary N) is 1. The molecule has 2 nitrogen and oxygen atoms in total. The SMILES string of the molecule is CC1CCCN(c2ccc(C(C)N)cc2F)C1.Cl. The zero-order chi connectivity index (χ0) is 12.4. The molecule has 2 rings (SSSR count). The van der Waals surface area contributed by atoms with Gasteiger partial charge in [-0.2, -0.15) is 0 Å². The van der Waals surface area contributed by atoms with Crippen molar-refractivity contribution in [3.8, 4) is 0 Å². The molecule has 0 aliphatic carbocycles. The van der Waals surface area contributed by atoms with Gasteiger partial charge in [0.25, 0.3) is 0 Å². The van der Waals surface area contributed by atoms with Crippen molar-refractivity contribution in [3.63, 3.8) is 0 Å². The van der Waals surface area contributed by atoms with Crippen LogP contribution in [0, 0.1) is 11.7 Å². The van der Waals surface area contributed by atoms with Crippen LogP contribution in [0.15, 0.2) is 18.2 Å². The molecule has 102 valence electrons. The molecule has 2 N–H and O–H groups in total. The molecule has 1 heterocycles. The van der Waals surface area contributed by atoms with Crippen molar-refractivity contribution >= 4 is 18.1 Å². The third-order valence-electron chi connectivity index (χ3n) is 3.50. The van der Waals surface area contributed by atoms with Gasteiger partial charge in [-0.05, 0) is 43.4 Å². The Bertz CT molecular complexity index is 395. The summed E-state index contributed by atoms with van der Waals surface area (Å²) in [7, 11) is 0. The summed E-state index contributed by atoms with van der Waals surface area (Å²) in [6.07, 6.45) is 2.39. The minimum atomic E-state index is -0.145. The molecule has 0 amide bonds. The van der Waals surface area contributed by atoms with Crippen LogP contribution in [0.5, 0.6) is 0 Å². The molecular formula is C14H22ClFN2. The van der Waals surface area contributed by atoms with E-state index in [2.05, 4.69) is 11.8 Å². The Morgan fingerprint density at radius 3 is 2.72 bits per heavy atom. The first-order valence-corrected chi connectivity index (χ1v) is 6.38. The molecule has 0 bridgehead atoms. The van der Waals surface area contributed by atoms with Crippen LogP contribution >= 0.6 is 12.4 Å². The minimum absolute atomic E-state index is 0. The van der Waals surface area contributed by atoms with Crippen LogP contribution in [0.2, 0.25) is 0 Å². The predicted octanol–water partition coefficient (Wildman–Crippen LogP) is 3.50. The molecule has 0 spiro atoms. The maximum absolute atomic E-state index is 14.0. The van der Waals surface area contributed by atoms with Gasteiger partial charge in [0.15, 0.2) is 0 Å². The van der Waals surface area contributed by atoms with Crippen molar-refractivity contribution in [2.45, 2.75) is 32.7 Å². The Labute approximate surface area is 115 Å². The average Bonchev–Trinajstić information content (AvgIpc) is 2.28.